The van der Waals surface area contributed by atoms with E-state index in [-0.39, 0.29) is 10.8 Å². The monoisotopic (exact) mass is 411 g/mol. The number of sulfonamides is 1. The normalized spacial score (nSPS) is 16.5. The van der Waals surface area contributed by atoms with Gasteiger partial charge in [0.05, 0.1) is 5.71 Å². The average Bonchev–Trinajstić information content (AvgIpc) is 3.09. The van der Waals surface area contributed by atoms with Gasteiger partial charge < -0.3 is 0 Å². The third-order valence-electron chi connectivity index (χ3n) is 5.59. The molecule has 1 aliphatic rings. The summed E-state index contributed by atoms with van der Waals surface area (Å²) in [5.41, 5.74) is 1.51. The van der Waals surface area contributed by atoms with Crippen LogP contribution in [-0.2, 0) is 20.9 Å². The van der Waals surface area contributed by atoms with Crippen LogP contribution in [-0.4, -0.2) is 14.1 Å². The van der Waals surface area contributed by atoms with Gasteiger partial charge in [-0.25, -0.2) is 0 Å². The zero-order valence-corrected chi connectivity index (χ0v) is 19.9. The summed E-state index contributed by atoms with van der Waals surface area (Å²) in [6.07, 6.45) is 8.87. The predicted molar refractivity (Wildman–Crippen MR) is 118 cm³/mol. The molecule has 0 amide bonds. The molecule has 1 aromatic heterocycles. The van der Waals surface area contributed by atoms with Gasteiger partial charge in [-0.15, -0.1) is 11.3 Å². The van der Waals surface area contributed by atoms with Gasteiger partial charge in [0.15, 0.2) is 0 Å². The molecular weight excluding hydrogens is 374 g/mol. The molecule has 0 fully saturated rings. The van der Waals surface area contributed by atoms with Crippen LogP contribution in [0.2, 0.25) is 0 Å². The fourth-order valence-electron chi connectivity index (χ4n) is 3.54. The molecule has 2 heterocycles. The Labute approximate surface area is 170 Å². The highest BCUT2D eigenvalue weighted by Gasteiger charge is 2.42. The molecule has 0 saturated carbocycles. The predicted octanol–water partition coefficient (Wildman–Crippen LogP) is 6.98. The van der Waals surface area contributed by atoms with E-state index in [4.69, 9.17) is 0 Å². The second-order valence-electron chi connectivity index (χ2n) is 9.48. The van der Waals surface area contributed by atoms with E-state index < -0.39 is 10.0 Å². The van der Waals surface area contributed by atoms with E-state index in [9.17, 15) is 8.42 Å². The Morgan fingerprint density at radius 1 is 0.889 bits per heavy atom. The van der Waals surface area contributed by atoms with Gasteiger partial charge in [-0.2, -0.15) is 12.8 Å². The maximum Gasteiger partial charge on any atom is 0.284 e. The molecule has 0 spiro atoms. The van der Waals surface area contributed by atoms with Gasteiger partial charge in [-0.05, 0) is 24.7 Å². The molecule has 0 saturated heterocycles. The lowest BCUT2D eigenvalue weighted by atomic mass is 9.85. The van der Waals surface area contributed by atoms with Crippen LogP contribution in [0.1, 0.15) is 115 Å². The van der Waals surface area contributed by atoms with E-state index in [2.05, 4.69) is 52.9 Å². The Morgan fingerprint density at radius 3 is 2.04 bits per heavy atom. The highest BCUT2D eigenvalue weighted by atomic mass is 32.2. The van der Waals surface area contributed by atoms with Crippen LogP contribution < -0.4 is 0 Å². The van der Waals surface area contributed by atoms with Crippen LogP contribution in [0.15, 0.2) is 9.29 Å². The lowest BCUT2D eigenvalue weighted by Crippen LogP contribution is -2.16. The lowest BCUT2D eigenvalue weighted by Gasteiger charge is -2.22. The van der Waals surface area contributed by atoms with Crippen LogP contribution in [0.3, 0.4) is 0 Å². The van der Waals surface area contributed by atoms with Gasteiger partial charge in [0, 0.05) is 20.7 Å². The summed E-state index contributed by atoms with van der Waals surface area (Å²) >= 11 is 1.70. The van der Waals surface area contributed by atoms with Crippen molar-refractivity contribution < 1.29 is 8.42 Å². The summed E-state index contributed by atoms with van der Waals surface area (Å²) in [5.74, 6) is 0. The number of hydrogen-bond donors (Lipinski definition) is 0. The Morgan fingerprint density at radius 2 is 1.48 bits per heavy atom. The van der Waals surface area contributed by atoms with E-state index in [1.807, 2.05) is 0 Å². The third-order valence-corrected chi connectivity index (χ3v) is 9.08. The fourth-order valence-corrected chi connectivity index (χ4v) is 7.04. The molecule has 0 aromatic carbocycles. The number of nitrogens with zero attached hydrogens (tertiary/aromatic N) is 1. The SMILES string of the molecule is CCCCCCCCC1=NS(=O)(=O)c2c(C(C)(C)CC)sc(C(C)(C)C)c21. The number of unbranched alkanes of at least 4 members (excludes halogenated alkanes) is 5. The summed E-state index contributed by atoms with van der Waals surface area (Å²) in [4.78, 5) is 2.69. The summed E-state index contributed by atoms with van der Waals surface area (Å²) in [6, 6.07) is 0. The van der Waals surface area contributed by atoms with Crippen molar-refractivity contribution in [1.82, 2.24) is 0 Å². The Bertz CT molecular complexity index is 793. The van der Waals surface area contributed by atoms with Crippen LogP contribution in [0.4, 0.5) is 0 Å². The van der Waals surface area contributed by atoms with Crippen molar-refractivity contribution in [2.75, 3.05) is 0 Å². The van der Waals surface area contributed by atoms with Crippen LogP contribution in [0.5, 0.6) is 0 Å². The molecule has 0 radical (unpaired) electrons. The molecule has 0 bridgehead atoms. The smallest absolute Gasteiger partial charge is 0.199 e. The molecule has 0 aliphatic carbocycles. The zero-order valence-electron chi connectivity index (χ0n) is 18.2. The zero-order chi connectivity index (χ0) is 20.5. The summed E-state index contributed by atoms with van der Waals surface area (Å²) in [6.45, 7) is 15.2. The molecule has 1 aromatic rings. The second kappa shape index (κ2) is 8.36. The number of rotatable bonds is 9. The summed E-state index contributed by atoms with van der Waals surface area (Å²) in [5, 5.41) is 0. The Hall–Kier alpha value is -0.680. The van der Waals surface area contributed by atoms with E-state index in [0.717, 1.165) is 41.8 Å². The minimum absolute atomic E-state index is 0.0847. The molecule has 2 rings (SSSR count). The van der Waals surface area contributed by atoms with Crippen molar-refractivity contribution in [3.05, 3.63) is 15.3 Å². The van der Waals surface area contributed by atoms with Crippen molar-refractivity contribution in [3.8, 4) is 0 Å². The van der Waals surface area contributed by atoms with Crippen molar-refractivity contribution in [3.63, 3.8) is 0 Å². The highest BCUT2D eigenvalue weighted by molar-refractivity contribution is 7.91. The molecule has 0 atom stereocenters. The molecule has 154 valence electrons. The van der Waals surface area contributed by atoms with Crippen molar-refractivity contribution in [2.24, 2.45) is 4.40 Å². The molecule has 3 nitrogen and oxygen atoms in total. The summed E-state index contributed by atoms with van der Waals surface area (Å²) in [7, 11) is -3.57. The molecule has 5 heteroatoms. The van der Waals surface area contributed by atoms with Crippen LogP contribution in [0, 0.1) is 0 Å². The maximum absolute atomic E-state index is 13.0. The third kappa shape index (κ3) is 4.84. The molecule has 27 heavy (non-hydrogen) atoms. The van der Waals surface area contributed by atoms with Crippen molar-refractivity contribution >= 4 is 27.1 Å². The Kier molecular flexibility index (Phi) is 7.00. The number of fused-ring (bicyclic) bond motifs is 1. The minimum atomic E-state index is -3.57. The first kappa shape index (κ1) is 22.6. The van der Waals surface area contributed by atoms with E-state index >= 15 is 0 Å². The number of thiophene rings is 1. The standard InChI is InChI=1S/C22H37NO2S2/c1-8-10-11-12-13-14-15-16-17-18(27(24,25)23-16)20(22(6,7)9-2)26-19(17)21(3,4)5/h8-15H2,1-7H3. The maximum atomic E-state index is 13.0. The van der Waals surface area contributed by atoms with Gasteiger partial charge in [0.1, 0.15) is 4.90 Å². The average molecular weight is 412 g/mol. The van der Waals surface area contributed by atoms with Crippen LogP contribution >= 0.6 is 11.3 Å². The largest absolute Gasteiger partial charge is 0.284 e. The summed E-state index contributed by atoms with van der Waals surface area (Å²) < 4.78 is 30.2. The molecular formula is C22H37NO2S2. The first-order valence-electron chi connectivity index (χ1n) is 10.5. The van der Waals surface area contributed by atoms with E-state index in [1.54, 1.807) is 11.3 Å². The van der Waals surface area contributed by atoms with Crippen molar-refractivity contribution in [1.29, 1.82) is 0 Å². The van der Waals surface area contributed by atoms with Gasteiger partial charge in [-0.1, -0.05) is 80.6 Å². The quantitative estimate of drug-likeness (QED) is 0.412. The van der Waals surface area contributed by atoms with Gasteiger partial charge >= 0.3 is 0 Å². The lowest BCUT2D eigenvalue weighted by molar-refractivity contribution is 0.505. The van der Waals surface area contributed by atoms with Gasteiger partial charge in [-0.3, -0.25) is 0 Å². The molecule has 0 N–H and O–H groups in total. The van der Waals surface area contributed by atoms with Gasteiger partial charge in [0.2, 0.25) is 0 Å². The topological polar surface area (TPSA) is 46.5 Å². The van der Waals surface area contributed by atoms with Crippen molar-refractivity contribution in [2.45, 2.75) is 116 Å². The first-order chi connectivity index (χ1) is 12.5. The van der Waals surface area contributed by atoms with Crippen LogP contribution in [0.25, 0.3) is 0 Å². The highest BCUT2D eigenvalue weighted by Crippen LogP contribution is 2.49. The second-order valence-corrected chi connectivity index (χ2v) is 12.0. The number of hydrogen-bond acceptors (Lipinski definition) is 3. The van der Waals surface area contributed by atoms with E-state index in [0.29, 0.717) is 4.90 Å². The minimum Gasteiger partial charge on any atom is -0.199 e. The van der Waals surface area contributed by atoms with E-state index in [1.165, 1.54) is 30.6 Å². The fraction of sp³-hybridized carbons (Fsp3) is 0.773. The van der Waals surface area contributed by atoms with Gasteiger partial charge in [0.25, 0.3) is 10.0 Å². The first-order valence-corrected chi connectivity index (χ1v) is 12.7. The Balaban J connectivity index is 2.39. The molecule has 0 unspecified atom stereocenters. The molecule has 1 aliphatic heterocycles.